The van der Waals surface area contributed by atoms with Crippen molar-refractivity contribution >= 4 is 23.5 Å². The number of likely N-dealkylation sites (N-methyl/N-ethyl adjacent to an activating group) is 1. The lowest BCUT2D eigenvalue weighted by molar-refractivity contribution is -0.135. The predicted octanol–water partition coefficient (Wildman–Crippen LogP) is 2.68. The standard InChI is InChI=1S/C18H23ClN2O4/c1-20-17(24)21(16(23)18(20)9-3-2-4-10-18)11-14(22)12-25-15-7-5-13(19)6-8-15/h5-8,14,22H,2-4,9-12H2,1H3. The van der Waals surface area contributed by atoms with Gasteiger partial charge in [0.2, 0.25) is 0 Å². The van der Waals surface area contributed by atoms with Crippen LogP contribution in [0.15, 0.2) is 24.3 Å². The number of aliphatic hydroxyl groups excluding tert-OH is 1. The van der Waals surface area contributed by atoms with Crippen molar-refractivity contribution in [3.05, 3.63) is 29.3 Å². The quantitative estimate of drug-likeness (QED) is 0.813. The first-order chi connectivity index (χ1) is 11.9. The SMILES string of the molecule is CN1C(=O)N(CC(O)COc2ccc(Cl)cc2)C(=O)C12CCCCC2. The second kappa shape index (κ2) is 7.22. The van der Waals surface area contributed by atoms with E-state index in [1.807, 2.05) is 0 Å². The van der Waals surface area contributed by atoms with Crippen molar-refractivity contribution < 1.29 is 19.4 Å². The molecule has 2 fully saturated rings. The topological polar surface area (TPSA) is 70.1 Å². The summed E-state index contributed by atoms with van der Waals surface area (Å²) in [4.78, 5) is 28.1. The second-order valence-electron chi connectivity index (χ2n) is 6.77. The Bertz CT molecular complexity index is 643. The van der Waals surface area contributed by atoms with Gasteiger partial charge in [-0.15, -0.1) is 0 Å². The Balaban J connectivity index is 1.60. The van der Waals surface area contributed by atoms with Crippen LogP contribution in [-0.4, -0.2) is 58.7 Å². The number of urea groups is 1. The van der Waals surface area contributed by atoms with Crippen molar-refractivity contribution in [3.8, 4) is 5.75 Å². The number of aliphatic hydroxyl groups is 1. The number of ether oxygens (including phenoxy) is 1. The van der Waals surface area contributed by atoms with Crippen LogP contribution in [0, 0.1) is 0 Å². The van der Waals surface area contributed by atoms with Gasteiger partial charge in [-0.25, -0.2) is 4.79 Å². The van der Waals surface area contributed by atoms with Gasteiger partial charge in [0.25, 0.3) is 5.91 Å². The molecule has 1 atom stereocenters. The fraction of sp³-hybridized carbons (Fsp3) is 0.556. The molecule has 1 spiro atoms. The molecule has 1 aromatic carbocycles. The van der Waals surface area contributed by atoms with E-state index < -0.39 is 11.6 Å². The Kier molecular flexibility index (Phi) is 5.20. The molecule has 3 amide bonds. The van der Waals surface area contributed by atoms with E-state index in [1.54, 1.807) is 36.2 Å². The molecule has 0 aromatic heterocycles. The molecular formula is C18H23ClN2O4. The first-order valence-corrected chi connectivity index (χ1v) is 8.98. The zero-order valence-corrected chi connectivity index (χ0v) is 15.0. The minimum absolute atomic E-state index is 0.00456. The lowest BCUT2D eigenvalue weighted by Crippen LogP contribution is -2.49. The number of β-amino-alcohol motifs (C(OH)–C–C–N with tert-alkyl or cyclic N) is 1. The van der Waals surface area contributed by atoms with Gasteiger partial charge < -0.3 is 14.7 Å². The van der Waals surface area contributed by atoms with Crippen LogP contribution in [-0.2, 0) is 4.79 Å². The maximum absolute atomic E-state index is 12.8. The highest BCUT2D eigenvalue weighted by Gasteiger charge is 2.55. The summed E-state index contributed by atoms with van der Waals surface area (Å²) in [7, 11) is 1.68. The van der Waals surface area contributed by atoms with Crippen LogP contribution in [0.2, 0.25) is 5.02 Å². The first kappa shape index (κ1) is 18.0. The minimum atomic E-state index is -0.948. The van der Waals surface area contributed by atoms with E-state index in [1.165, 1.54) is 4.90 Å². The number of halogens is 1. The average Bonchev–Trinajstić information content (AvgIpc) is 2.78. The number of amides is 3. The molecule has 0 radical (unpaired) electrons. The van der Waals surface area contributed by atoms with Gasteiger partial charge >= 0.3 is 6.03 Å². The monoisotopic (exact) mass is 366 g/mol. The van der Waals surface area contributed by atoms with Crippen molar-refractivity contribution in [2.75, 3.05) is 20.2 Å². The summed E-state index contributed by atoms with van der Waals surface area (Å²) in [5, 5.41) is 10.8. The minimum Gasteiger partial charge on any atom is -0.491 e. The number of carbonyl (C=O) groups is 2. The van der Waals surface area contributed by atoms with Crippen LogP contribution < -0.4 is 4.74 Å². The van der Waals surface area contributed by atoms with Gasteiger partial charge in [-0.2, -0.15) is 0 Å². The van der Waals surface area contributed by atoms with Gasteiger partial charge in [-0.05, 0) is 37.1 Å². The molecule has 1 N–H and O–H groups in total. The van der Waals surface area contributed by atoms with E-state index >= 15 is 0 Å². The third kappa shape index (κ3) is 3.46. The summed E-state index contributed by atoms with van der Waals surface area (Å²) >= 11 is 5.81. The van der Waals surface area contributed by atoms with E-state index in [0.717, 1.165) is 19.3 Å². The van der Waals surface area contributed by atoms with Crippen LogP contribution in [0.3, 0.4) is 0 Å². The van der Waals surface area contributed by atoms with Crippen molar-refractivity contribution in [2.45, 2.75) is 43.7 Å². The molecule has 1 saturated carbocycles. The van der Waals surface area contributed by atoms with Gasteiger partial charge in [0.05, 0.1) is 6.54 Å². The summed E-state index contributed by atoms with van der Waals surface area (Å²) in [5.41, 5.74) is -0.716. The van der Waals surface area contributed by atoms with Crippen LogP contribution in [0.25, 0.3) is 0 Å². The van der Waals surface area contributed by atoms with E-state index in [-0.39, 0.29) is 25.1 Å². The zero-order valence-electron chi connectivity index (χ0n) is 14.3. The molecule has 1 aliphatic carbocycles. The van der Waals surface area contributed by atoms with E-state index in [9.17, 15) is 14.7 Å². The Morgan fingerprint density at radius 1 is 1.20 bits per heavy atom. The van der Waals surface area contributed by atoms with Gasteiger partial charge in [0.1, 0.15) is 24.0 Å². The molecule has 2 aliphatic rings. The normalized spacial score (nSPS) is 21.1. The predicted molar refractivity (Wildman–Crippen MR) is 93.6 cm³/mol. The maximum atomic E-state index is 12.8. The largest absolute Gasteiger partial charge is 0.491 e. The third-order valence-corrected chi connectivity index (χ3v) is 5.39. The molecule has 25 heavy (non-hydrogen) atoms. The fourth-order valence-corrected chi connectivity index (χ4v) is 3.81. The van der Waals surface area contributed by atoms with Crippen molar-refractivity contribution in [1.82, 2.24) is 9.80 Å². The molecule has 0 bridgehead atoms. The molecular weight excluding hydrogens is 344 g/mol. The van der Waals surface area contributed by atoms with E-state index in [4.69, 9.17) is 16.3 Å². The Hall–Kier alpha value is -1.79. The fourth-order valence-electron chi connectivity index (χ4n) is 3.68. The van der Waals surface area contributed by atoms with Gasteiger partial charge in [-0.1, -0.05) is 30.9 Å². The Morgan fingerprint density at radius 2 is 1.84 bits per heavy atom. The average molecular weight is 367 g/mol. The molecule has 1 heterocycles. The zero-order chi connectivity index (χ0) is 18.0. The highest BCUT2D eigenvalue weighted by Crippen LogP contribution is 2.39. The number of rotatable bonds is 5. The molecule has 1 aliphatic heterocycles. The second-order valence-corrected chi connectivity index (χ2v) is 7.20. The van der Waals surface area contributed by atoms with Crippen LogP contribution in [0.1, 0.15) is 32.1 Å². The molecule has 1 aromatic rings. The van der Waals surface area contributed by atoms with Crippen molar-refractivity contribution in [1.29, 1.82) is 0 Å². The van der Waals surface area contributed by atoms with Gasteiger partial charge in [0.15, 0.2) is 0 Å². The maximum Gasteiger partial charge on any atom is 0.327 e. The van der Waals surface area contributed by atoms with E-state index in [0.29, 0.717) is 23.6 Å². The summed E-state index contributed by atoms with van der Waals surface area (Å²) in [6, 6.07) is 6.45. The Labute approximate surface area is 152 Å². The molecule has 3 rings (SSSR count). The summed E-state index contributed by atoms with van der Waals surface area (Å²) < 4.78 is 5.50. The highest BCUT2D eigenvalue weighted by molar-refractivity contribution is 6.30. The van der Waals surface area contributed by atoms with Gasteiger partial charge in [-0.3, -0.25) is 9.69 Å². The summed E-state index contributed by atoms with van der Waals surface area (Å²) in [5.74, 6) is 0.383. The van der Waals surface area contributed by atoms with Crippen molar-refractivity contribution in [3.63, 3.8) is 0 Å². The smallest absolute Gasteiger partial charge is 0.327 e. The van der Waals surface area contributed by atoms with Crippen molar-refractivity contribution in [2.24, 2.45) is 0 Å². The summed E-state index contributed by atoms with van der Waals surface area (Å²) in [6.45, 7) is -0.0627. The number of carbonyl (C=O) groups excluding carboxylic acids is 2. The number of nitrogens with zero attached hydrogens (tertiary/aromatic N) is 2. The lowest BCUT2D eigenvalue weighted by Gasteiger charge is -2.35. The van der Waals surface area contributed by atoms with Gasteiger partial charge in [0, 0.05) is 12.1 Å². The number of hydrogen-bond acceptors (Lipinski definition) is 4. The first-order valence-electron chi connectivity index (χ1n) is 8.60. The third-order valence-electron chi connectivity index (χ3n) is 5.13. The summed E-state index contributed by atoms with van der Waals surface area (Å²) in [6.07, 6.45) is 3.42. The molecule has 1 saturated heterocycles. The Morgan fingerprint density at radius 3 is 2.48 bits per heavy atom. The number of imide groups is 1. The highest BCUT2D eigenvalue weighted by atomic mass is 35.5. The van der Waals surface area contributed by atoms with Crippen LogP contribution in [0.4, 0.5) is 4.79 Å². The lowest BCUT2D eigenvalue weighted by atomic mass is 9.81. The van der Waals surface area contributed by atoms with Crippen LogP contribution >= 0.6 is 11.6 Å². The molecule has 7 heteroatoms. The van der Waals surface area contributed by atoms with Crippen LogP contribution in [0.5, 0.6) is 5.75 Å². The number of hydrogen-bond donors (Lipinski definition) is 1. The van der Waals surface area contributed by atoms with E-state index in [2.05, 4.69) is 0 Å². The molecule has 1 unspecified atom stereocenters. The molecule has 136 valence electrons. The number of benzene rings is 1. The molecule has 6 nitrogen and oxygen atoms in total.